The summed E-state index contributed by atoms with van der Waals surface area (Å²) in [5.41, 5.74) is 1.75. The van der Waals surface area contributed by atoms with Gasteiger partial charge >= 0.3 is 6.03 Å². The molecular weight excluding hydrogens is 230 g/mol. The lowest BCUT2D eigenvalue weighted by molar-refractivity contribution is 0.202. The SMILES string of the molecule is CCN(C)c1ccccc1NC(=O)N(C)CCO. The van der Waals surface area contributed by atoms with Crippen LogP contribution in [0.5, 0.6) is 0 Å². The van der Waals surface area contributed by atoms with Crippen LogP contribution in [0.3, 0.4) is 0 Å². The largest absolute Gasteiger partial charge is 0.395 e. The van der Waals surface area contributed by atoms with Crippen LogP contribution in [0.2, 0.25) is 0 Å². The van der Waals surface area contributed by atoms with E-state index in [4.69, 9.17) is 5.11 Å². The Labute approximate surface area is 108 Å². The van der Waals surface area contributed by atoms with Crippen molar-refractivity contribution in [1.29, 1.82) is 0 Å². The predicted molar refractivity (Wildman–Crippen MR) is 74.1 cm³/mol. The van der Waals surface area contributed by atoms with E-state index < -0.39 is 0 Å². The molecule has 0 fully saturated rings. The van der Waals surface area contributed by atoms with E-state index in [-0.39, 0.29) is 12.6 Å². The van der Waals surface area contributed by atoms with Crippen molar-refractivity contribution >= 4 is 17.4 Å². The minimum atomic E-state index is -0.221. The molecule has 0 aromatic heterocycles. The molecule has 0 aliphatic carbocycles. The standard InChI is InChI=1S/C13H21N3O2/c1-4-15(2)12-8-6-5-7-11(12)14-13(18)16(3)9-10-17/h5-8,17H,4,9-10H2,1-3H3,(H,14,18). The number of anilines is 2. The van der Waals surface area contributed by atoms with Gasteiger partial charge in [-0.2, -0.15) is 0 Å². The zero-order valence-electron chi connectivity index (χ0n) is 11.2. The Hall–Kier alpha value is -1.75. The lowest BCUT2D eigenvalue weighted by Gasteiger charge is -2.23. The molecule has 0 aliphatic rings. The molecule has 18 heavy (non-hydrogen) atoms. The lowest BCUT2D eigenvalue weighted by Crippen LogP contribution is -2.34. The van der Waals surface area contributed by atoms with E-state index in [0.717, 1.165) is 17.9 Å². The van der Waals surface area contributed by atoms with Crippen molar-refractivity contribution in [3.8, 4) is 0 Å². The lowest BCUT2D eigenvalue weighted by atomic mass is 10.2. The number of para-hydroxylation sites is 2. The molecule has 2 N–H and O–H groups in total. The fraction of sp³-hybridized carbons (Fsp3) is 0.462. The van der Waals surface area contributed by atoms with Gasteiger partial charge in [-0.3, -0.25) is 0 Å². The average Bonchev–Trinajstić information content (AvgIpc) is 2.38. The van der Waals surface area contributed by atoms with Crippen LogP contribution in [0.25, 0.3) is 0 Å². The van der Waals surface area contributed by atoms with Crippen LogP contribution in [0.4, 0.5) is 16.2 Å². The molecule has 0 aliphatic heterocycles. The first-order valence-electron chi connectivity index (χ1n) is 6.03. The average molecular weight is 251 g/mol. The molecule has 1 aromatic rings. The van der Waals surface area contributed by atoms with E-state index in [1.54, 1.807) is 7.05 Å². The van der Waals surface area contributed by atoms with E-state index in [0.29, 0.717) is 6.54 Å². The normalized spacial score (nSPS) is 10.0. The van der Waals surface area contributed by atoms with Gasteiger partial charge in [0.1, 0.15) is 0 Å². The number of hydrogen-bond acceptors (Lipinski definition) is 3. The molecule has 0 saturated heterocycles. The third-order valence-corrected chi connectivity index (χ3v) is 2.81. The summed E-state index contributed by atoms with van der Waals surface area (Å²) in [5, 5.41) is 11.6. The number of aliphatic hydroxyl groups excluding tert-OH is 1. The Morgan fingerprint density at radius 3 is 2.61 bits per heavy atom. The molecule has 0 bridgehead atoms. The highest BCUT2D eigenvalue weighted by molar-refractivity contribution is 5.93. The van der Waals surface area contributed by atoms with Crippen molar-refractivity contribution in [1.82, 2.24) is 4.90 Å². The van der Waals surface area contributed by atoms with Crippen LogP contribution in [0, 0.1) is 0 Å². The summed E-state index contributed by atoms with van der Waals surface area (Å²) in [5.74, 6) is 0. The van der Waals surface area contributed by atoms with Crippen LogP contribution in [-0.2, 0) is 0 Å². The molecule has 100 valence electrons. The molecule has 0 spiro atoms. The number of hydrogen-bond donors (Lipinski definition) is 2. The van der Waals surface area contributed by atoms with Crippen LogP contribution in [-0.4, -0.2) is 49.8 Å². The van der Waals surface area contributed by atoms with E-state index in [1.807, 2.05) is 31.3 Å². The number of nitrogens with one attached hydrogen (secondary N) is 1. The van der Waals surface area contributed by atoms with Gasteiger partial charge < -0.3 is 20.2 Å². The van der Waals surface area contributed by atoms with Crippen molar-refractivity contribution in [2.45, 2.75) is 6.92 Å². The molecule has 2 amide bonds. The molecule has 0 radical (unpaired) electrons. The summed E-state index contributed by atoms with van der Waals surface area (Å²) >= 11 is 0. The van der Waals surface area contributed by atoms with Crippen molar-refractivity contribution < 1.29 is 9.90 Å². The van der Waals surface area contributed by atoms with Gasteiger partial charge in [-0.1, -0.05) is 12.1 Å². The first-order valence-corrected chi connectivity index (χ1v) is 6.03. The third-order valence-electron chi connectivity index (χ3n) is 2.81. The van der Waals surface area contributed by atoms with Crippen molar-refractivity contribution in [2.75, 3.05) is 44.0 Å². The molecule has 0 saturated carbocycles. The summed E-state index contributed by atoms with van der Waals surface area (Å²) in [6.07, 6.45) is 0. The topological polar surface area (TPSA) is 55.8 Å². The minimum Gasteiger partial charge on any atom is -0.395 e. The van der Waals surface area contributed by atoms with Crippen LogP contribution in [0.1, 0.15) is 6.92 Å². The number of benzene rings is 1. The van der Waals surface area contributed by atoms with Gasteiger partial charge in [0.05, 0.1) is 18.0 Å². The number of amides is 2. The Morgan fingerprint density at radius 2 is 2.00 bits per heavy atom. The highest BCUT2D eigenvalue weighted by Crippen LogP contribution is 2.24. The number of carbonyl (C=O) groups excluding carboxylic acids is 1. The number of likely N-dealkylation sites (N-methyl/N-ethyl adjacent to an activating group) is 1. The predicted octanol–water partition coefficient (Wildman–Crippen LogP) is 1.60. The van der Waals surface area contributed by atoms with Crippen molar-refractivity contribution in [3.63, 3.8) is 0 Å². The van der Waals surface area contributed by atoms with Crippen LogP contribution < -0.4 is 10.2 Å². The van der Waals surface area contributed by atoms with Crippen molar-refractivity contribution in [2.24, 2.45) is 0 Å². The molecule has 1 aromatic carbocycles. The van der Waals surface area contributed by atoms with Crippen LogP contribution in [0.15, 0.2) is 24.3 Å². The molecule has 5 nitrogen and oxygen atoms in total. The highest BCUT2D eigenvalue weighted by Gasteiger charge is 2.11. The van der Waals surface area contributed by atoms with Gasteiger partial charge in [0.25, 0.3) is 0 Å². The van der Waals surface area contributed by atoms with E-state index in [1.165, 1.54) is 4.90 Å². The summed E-state index contributed by atoms with van der Waals surface area (Å²) in [4.78, 5) is 15.4. The van der Waals surface area contributed by atoms with Gasteiger partial charge in [-0.25, -0.2) is 4.79 Å². The zero-order chi connectivity index (χ0) is 13.5. The van der Waals surface area contributed by atoms with Crippen LogP contribution >= 0.6 is 0 Å². The molecule has 0 heterocycles. The summed E-state index contributed by atoms with van der Waals surface area (Å²) < 4.78 is 0. The summed E-state index contributed by atoms with van der Waals surface area (Å²) in [6, 6.07) is 7.43. The number of carbonyl (C=O) groups is 1. The van der Waals surface area contributed by atoms with Gasteiger partial charge in [-0.05, 0) is 19.1 Å². The monoisotopic (exact) mass is 251 g/mol. The van der Waals surface area contributed by atoms with E-state index in [9.17, 15) is 4.79 Å². The first kappa shape index (κ1) is 14.3. The highest BCUT2D eigenvalue weighted by atomic mass is 16.3. The summed E-state index contributed by atoms with van der Waals surface area (Å²) in [7, 11) is 3.63. The van der Waals surface area contributed by atoms with Crippen molar-refractivity contribution in [3.05, 3.63) is 24.3 Å². The minimum absolute atomic E-state index is 0.0412. The number of aliphatic hydroxyl groups is 1. The maximum absolute atomic E-state index is 11.9. The molecule has 1 rings (SSSR count). The molecule has 0 unspecified atom stereocenters. The fourth-order valence-electron chi connectivity index (χ4n) is 1.54. The van der Waals surface area contributed by atoms with Gasteiger partial charge in [0, 0.05) is 27.2 Å². The second kappa shape index (κ2) is 6.86. The second-order valence-electron chi connectivity index (χ2n) is 4.11. The van der Waals surface area contributed by atoms with Gasteiger partial charge in [0.2, 0.25) is 0 Å². The molecular formula is C13H21N3O2. The van der Waals surface area contributed by atoms with Gasteiger partial charge in [0.15, 0.2) is 0 Å². The maximum Gasteiger partial charge on any atom is 0.321 e. The number of rotatable bonds is 5. The Morgan fingerprint density at radius 1 is 1.33 bits per heavy atom. The molecule has 5 heteroatoms. The zero-order valence-corrected chi connectivity index (χ0v) is 11.2. The second-order valence-corrected chi connectivity index (χ2v) is 4.11. The molecule has 0 atom stereocenters. The van der Waals surface area contributed by atoms with Gasteiger partial charge in [-0.15, -0.1) is 0 Å². The first-order chi connectivity index (χ1) is 8.60. The smallest absolute Gasteiger partial charge is 0.321 e. The Kier molecular flexibility index (Phi) is 5.45. The maximum atomic E-state index is 11.9. The Balaban J connectivity index is 2.81. The Bertz CT molecular complexity index is 396. The number of nitrogens with zero attached hydrogens (tertiary/aromatic N) is 2. The van der Waals surface area contributed by atoms with E-state index >= 15 is 0 Å². The summed E-state index contributed by atoms with van der Waals surface area (Å²) in [6.45, 7) is 3.19. The third kappa shape index (κ3) is 3.63. The quantitative estimate of drug-likeness (QED) is 0.835. The number of urea groups is 1. The van der Waals surface area contributed by atoms with E-state index in [2.05, 4.69) is 17.1 Å². The fourth-order valence-corrected chi connectivity index (χ4v) is 1.54.